The molecule has 0 aliphatic heterocycles. The molecule has 0 aliphatic rings. The highest BCUT2D eigenvalue weighted by atomic mass is 79.9. The minimum Gasteiger partial charge on any atom is -0.395 e. The normalized spacial score (nSPS) is 10.3. The van der Waals surface area contributed by atoms with Crippen molar-refractivity contribution < 1.29 is 14.7 Å². The van der Waals surface area contributed by atoms with Crippen LogP contribution in [0.25, 0.3) is 11.3 Å². The summed E-state index contributed by atoms with van der Waals surface area (Å²) >= 11 is 4.66. The summed E-state index contributed by atoms with van der Waals surface area (Å²) in [6, 6.07) is 7.68. The van der Waals surface area contributed by atoms with E-state index in [9.17, 15) is 9.59 Å². The first kappa shape index (κ1) is 16.6. The third-order valence-electron chi connectivity index (χ3n) is 2.65. The van der Waals surface area contributed by atoms with Gasteiger partial charge in [-0.3, -0.25) is 9.59 Å². The molecule has 0 bridgehead atoms. The van der Waals surface area contributed by atoms with E-state index in [4.69, 9.17) is 5.11 Å². The zero-order chi connectivity index (χ0) is 15.9. The van der Waals surface area contributed by atoms with Gasteiger partial charge in [0.1, 0.15) is 6.42 Å². The largest absolute Gasteiger partial charge is 0.395 e. The molecule has 2 aromatic rings. The molecule has 0 fully saturated rings. The molecule has 6 nitrogen and oxygen atoms in total. The molecule has 0 spiro atoms. The van der Waals surface area contributed by atoms with E-state index in [1.54, 1.807) is 0 Å². The van der Waals surface area contributed by atoms with Crippen molar-refractivity contribution in [2.24, 2.45) is 0 Å². The molecule has 2 amide bonds. The lowest BCUT2D eigenvalue weighted by molar-refractivity contribution is -0.126. The summed E-state index contributed by atoms with van der Waals surface area (Å²) in [6.45, 7) is -0.0204. The Labute approximate surface area is 139 Å². The van der Waals surface area contributed by atoms with Crippen molar-refractivity contribution in [3.63, 3.8) is 0 Å². The van der Waals surface area contributed by atoms with Crippen molar-refractivity contribution in [1.29, 1.82) is 0 Å². The average Bonchev–Trinajstić information content (AvgIpc) is 2.94. The smallest absolute Gasteiger partial charge is 0.235 e. The van der Waals surface area contributed by atoms with Gasteiger partial charge in [0, 0.05) is 22.0 Å². The van der Waals surface area contributed by atoms with Gasteiger partial charge in [-0.05, 0) is 12.1 Å². The SMILES string of the molecule is O=C(CC(=O)Nc1nc(-c2ccc(Br)cc2)cs1)NCCO. The van der Waals surface area contributed by atoms with Gasteiger partial charge >= 0.3 is 0 Å². The van der Waals surface area contributed by atoms with Crippen LogP contribution < -0.4 is 10.6 Å². The molecule has 0 unspecified atom stereocenters. The first-order valence-electron chi connectivity index (χ1n) is 6.47. The Balaban J connectivity index is 1.93. The van der Waals surface area contributed by atoms with Crippen LogP contribution in [0.3, 0.4) is 0 Å². The van der Waals surface area contributed by atoms with E-state index in [2.05, 4.69) is 31.5 Å². The number of carbonyl (C=O) groups excluding carboxylic acids is 2. The van der Waals surface area contributed by atoms with E-state index in [1.807, 2.05) is 29.6 Å². The Hall–Kier alpha value is -1.77. The van der Waals surface area contributed by atoms with Gasteiger partial charge in [-0.25, -0.2) is 4.98 Å². The summed E-state index contributed by atoms with van der Waals surface area (Å²) in [5, 5.41) is 15.9. The van der Waals surface area contributed by atoms with Crippen molar-refractivity contribution in [2.45, 2.75) is 6.42 Å². The first-order valence-corrected chi connectivity index (χ1v) is 8.14. The Bertz CT molecular complexity index is 658. The van der Waals surface area contributed by atoms with Crippen LogP contribution in [0.5, 0.6) is 0 Å². The molecule has 0 atom stereocenters. The lowest BCUT2D eigenvalue weighted by Gasteiger charge is -2.03. The van der Waals surface area contributed by atoms with Gasteiger partial charge in [0.05, 0.1) is 12.3 Å². The number of hydrogen-bond acceptors (Lipinski definition) is 5. The lowest BCUT2D eigenvalue weighted by atomic mass is 10.2. The van der Waals surface area contributed by atoms with Crippen LogP contribution in [-0.2, 0) is 9.59 Å². The fourth-order valence-electron chi connectivity index (χ4n) is 1.65. The predicted octanol–water partition coefficient (Wildman–Crippen LogP) is 2.01. The molecule has 22 heavy (non-hydrogen) atoms. The zero-order valence-corrected chi connectivity index (χ0v) is 13.9. The minimum atomic E-state index is -0.438. The fraction of sp³-hybridized carbons (Fsp3) is 0.214. The zero-order valence-electron chi connectivity index (χ0n) is 11.5. The number of benzene rings is 1. The van der Waals surface area contributed by atoms with Gasteiger partial charge in [0.25, 0.3) is 0 Å². The van der Waals surface area contributed by atoms with Gasteiger partial charge in [0.2, 0.25) is 11.8 Å². The van der Waals surface area contributed by atoms with Gasteiger partial charge in [0.15, 0.2) is 5.13 Å². The second kappa shape index (κ2) is 8.02. The Kier molecular flexibility index (Phi) is 6.05. The number of nitrogens with one attached hydrogen (secondary N) is 2. The molecule has 0 radical (unpaired) electrons. The number of nitrogens with zero attached hydrogens (tertiary/aromatic N) is 1. The maximum atomic E-state index is 11.7. The van der Waals surface area contributed by atoms with E-state index < -0.39 is 11.8 Å². The Morgan fingerprint density at radius 2 is 1.95 bits per heavy atom. The van der Waals surface area contributed by atoms with E-state index >= 15 is 0 Å². The predicted molar refractivity (Wildman–Crippen MR) is 88.6 cm³/mol. The standard InChI is InChI=1S/C14H14BrN3O3S/c15-10-3-1-9(2-4-10)11-8-22-14(17-11)18-13(21)7-12(20)16-5-6-19/h1-4,8,19H,5-7H2,(H,16,20)(H,17,18,21). The lowest BCUT2D eigenvalue weighted by Crippen LogP contribution is -2.30. The number of amides is 2. The summed E-state index contributed by atoms with van der Waals surface area (Å²) < 4.78 is 0.980. The summed E-state index contributed by atoms with van der Waals surface area (Å²) in [7, 11) is 0. The number of halogens is 1. The molecule has 0 saturated carbocycles. The van der Waals surface area contributed by atoms with Crippen molar-refractivity contribution in [3.05, 3.63) is 34.1 Å². The van der Waals surface area contributed by atoms with Crippen LogP contribution in [0.2, 0.25) is 0 Å². The summed E-state index contributed by atoms with van der Waals surface area (Å²) in [6.07, 6.45) is -0.298. The first-order chi connectivity index (χ1) is 10.6. The average molecular weight is 384 g/mol. The Morgan fingerprint density at radius 3 is 2.64 bits per heavy atom. The van der Waals surface area contributed by atoms with Gasteiger partial charge in [-0.1, -0.05) is 28.1 Å². The van der Waals surface area contributed by atoms with E-state index in [0.717, 1.165) is 15.7 Å². The van der Waals surface area contributed by atoms with Crippen molar-refractivity contribution in [1.82, 2.24) is 10.3 Å². The van der Waals surface area contributed by atoms with Crippen molar-refractivity contribution in [3.8, 4) is 11.3 Å². The number of aromatic nitrogens is 1. The molecule has 3 N–H and O–H groups in total. The summed E-state index contributed by atoms with van der Waals surface area (Å²) in [5.41, 5.74) is 1.71. The number of hydrogen-bond donors (Lipinski definition) is 3. The van der Waals surface area contributed by atoms with Crippen LogP contribution in [0.1, 0.15) is 6.42 Å². The van der Waals surface area contributed by atoms with Crippen molar-refractivity contribution >= 4 is 44.2 Å². The van der Waals surface area contributed by atoms with E-state index in [0.29, 0.717) is 5.13 Å². The van der Waals surface area contributed by atoms with Crippen LogP contribution in [0.4, 0.5) is 5.13 Å². The van der Waals surface area contributed by atoms with Crippen LogP contribution >= 0.6 is 27.3 Å². The molecular formula is C14H14BrN3O3S. The third-order valence-corrected chi connectivity index (χ3v) is 3.93. The number of anilines is 1. The molecule has 0 aliphatic carbocycles. The van der Waals surface area contributed by atoms with Gasteiger partial charge < -0.3 is 15.7 Å². The highest BCUT2D eigenvalue weighted by Crippen LogP contribution is 2.26. The van der Waals surface area contributed by atoms with E-state index in [1.165, 1.54) is 11.3 Å². The monoisotopic (exact) mass is 383 g/mol. The number of aliphatic hydroxyl groups is 1. The Morgan fingerprint density at radius 1 is 1.23 bits per heavy atom. The number of carbonyl (C=O) groups is 2. The highest BCUT2D eigenvalue weighted by Gasteiger charge is 2.11. The maximum absolute atomic E-state index is 11.7. The van der Waals surface area contributed by atoms with Gasteiger partial charge in [-0.15, -0.1) is 11.3 Å². The minimum absolute atomic E-state index is 0.136. The third kappa shape index (κ3) is 4.90. The van der Waals surface area contributed by atoms with Crippen LogP contribution in [-0.4, -0.2) is 35.1 Å². The molecule has 1 aromatic carbocycles. The van der Waals surface area contributed by atoms with Gasteiger partial charge in [-0.2, -0.15) is 0 Å². The maximum Gasteiger partial charge on any atom is 0.235 e. The second-order valence-corrected chi connectivity index (χ2v) is 6.12. The molecule has 116 valence electrons. The number of rotatable bonds is 6. The summed E-state index contributed by atoms with van der Waals surface area (Å²) in [4.78, 5) is 27.4. The van der Waals surface area contributed by atoms with Crippen LogP contribution in [0.15, 0.2) is 34.1 Å². The second-order valence-electron chi connectivity index (χ2n) is 4.34. The molecule has 0 saturated heterocycles. The molecule has 1 aromatic heterocycles. The van der Waals surface area contributed by atoms with Crippen LogP contribution in [0, 0.1) is 0 Å². The molecule has 1 heterocycles. The number of aliphatic hydroxyl groups excluding tert-OH is 1. The molecule has 8 heteroatoms. The van der Waals surface area contributed by atoms with Crippen molar-refractivity contribution in [2.75, 3.05) is 18.5 Å². The van der Waals surface area contributed by atoms with E-state index in [-0.39, 0.29) is 19.6 Å². The highest BCUT2D eigenvalue weighted by molar-refractivity contribution is 9.10. The summed E-state index contributed by atoms with van der Waals surface area (Å²) in [5.74, 6) is -0.872. The quantitative estimate of drug-likeness (QED) is 0.665. The topological polar surface area (TPSA) is 91.3 Å². The molecular weight excluding hydrogens is 370 g/mol. The molecule has 2 rings (SSSR count). The number of thiazole rings is 1. The fourth-order valence-corrected chi connectivity index (χ4v) is 2.65.